The summed E-state index contributed by atoms with van der Waals surface area (Å²) in [6.07, 6.45) is 5.51. The second-order valence-corrected chi connectivity index (χ2v) is 6.83. The normalized spacial score (nSPS) is 16.8. The summed E-state index contributed by atoms with van der Waals surface area (Å²) >= 11 is 0. The van der Waals surface area contributed by atoms with Gasteiger partial charge in [0, 0.05) is 57.7 Å². The monoisotopic (exact) mass is 379 g/mol. The number of nitrogens with zero attached hydrogens (tertiary/aromatic N) is 4. The lowest BCUT2D eigenvalue weighted by Crippen LogP contribution is -2.25. The van der Waals surface area contributed by atoms with Crippen molar-refractivity contribution in [3.05, 3.63) is 47.7 Å². The summed E-state index contributed by atoms with van der Waals surface area (Å²) < 4.78 is 0. The zero-order chi connectivity index (χ0) is 20.1. The van der Waals surface area contributed by atoms with Gasteiger partial charge in [0.25, 0.3) is 0 Å². The molecule has 0 radical (unpaired) electrons. The van der Waals surface area contributed by atoms with Crippen LogP contribution in [0.1, 0.15) is 36.3 Å². The van der Waals surface area contributed by atoms with Crippen LogP contribution in [0.4, 0.5) is 11.6 Å². The molecule has 3 N–H and O–H groups in total. The fourth-order valence-electron chi connectivity index (χ4n) is 3.22. The molecule has 1 aliphatic heterocycles. The molecule has 1 unspecified atom stereocenters. The number of aromatic nitrogens is 3. The van der Waals surface area contributed by atoms with Gasteiger partial charge in [0.2, 0.25) is 5.91 Å². The highest BCUT2D eigenvalue weighted by atomic mass is 16.2. The maximum atomic E-state index is 11.7. The van der Waals surface area contributed by atoms with E-state index in [1.807, 2.05) is 30.0 Å². The minimum absolute atomic E-state index is 0.0781. The van der Waals surface area contributed by atoms with Crippen LogP contribution in [0.2, 0.25) is 0 Å². The first kappa shape index (κ1) is 19.5. The average molecular weight is 379 g/mol. The van der Waals surface area contributed by atoms with Crippen molar-refractivity contribution in [3.8, 4) is 0 Å². The summed E-state index contributed by atoms with van der Waals surface area (Å²) in [5.74, 6) is 1.98. The summed E-state index contributed by atoms with van der Waals surface area (Å²) in [4.78, 5) is 27.1. The van der Waals surface area contributed by atoms with Crippen LogP contribution in [0.5, 0.6) is 0 Å². The smallest absolute Gasteiger partial charge is 0.219 e. The molecule has 2 aromatic rings. The Balaban J connectivity index is 1.98. The highest BCUT2D eigenvalue weighted by Gasteiger charge is 2.27. The molecule has 1 fully saturated rings. The number of hydrogen-bond acceptors (Lipinski definition) is 7. The van der Waals surface area contributed by atoms with Gasteiger partial charge in [-0.05, 0) is 31.0 Å². The van der Waals surface area contributed by atoms with Gasteiger partial charge in [-0.2, -0.15) is 0 Å². The first-order valence-electron chi connectivity index (χ1n) is 9.22. The first-order valence-corrected chi connectivity index (χ1v) is 9.22. The molecule has 0 aliphatic carbocycles. The second-order valence-electron chi connectivity index (χ2n) is 6.83. The SMILES string of the molecule is CN/C=C(\C=N)c1nc(Nc2cc(C)ccn2)cc(C2CCN(C(C)=O)C2)n1. The van der Waals surface area contributed by atoms with Crippen LogP contribution in [-0.4, -0.2) is 52.1 Å². The van der Waals surface area contributed by atoms with E-state index in [1.165, 1.54) is 6.21 Å². The summed E-state index contributed by atoms with van der Waals surface area (Å²) in [5, 5.41) is 13.9. The molecule has 0 saturated carbocycles. The van der Waals surface area contributed by atoms with Crippen molar-refractivity contribution >= 4 is 29.3 Å². The van der Waals surface area contributed by atoms with Gasteiger partial charge in [-0.1, -0.05) is 0 Å². The summed E-state index contributed by atoms with van der Waals surface area (Å²) in [6, 6.07) is 5.78. The molecule has 3 heterocycles. The van der Waals surface area contributed by atoms with Crippen molar-refractivity contribution < 1.29 is 4.79 Å². The Morgan fingerprint density at radius 2 is 2.14 bits per heavy atom. The van der Waals surface area contributed by atoms with E-state index in [1.54, 1.807) is 26.4 Å². The highest BCUT2D eigenvalue weighted by Crippen LogP contribution is 2.28. The number of likely N-dealkylation sites (tertiary alicyclic amines) is 1. The number of carbonyl (C=O) groups excluding carboxylic acids is 1. The van der Waals surface area contributed by atoms with Crippen LogP contribution < -0.4 is 10.6 Å². The molecule has 0 bridgehead atoms. The third-order valence-electron chi connectivity index (χ3n) is 4.68. The molecular formula is C20H25N7O. The molecule has 8 nitrogen and oxygen atoms in total. The molecule has 0 spiro atoms. The van der Waals surface area contributed by atoms with Crippen LogP contribution in [0, 0.1) is 12.3 Å². The predicted molar refractivity (Wildman–Crippen MR) is 110 cm³/mol. The van der Waals surface area contributed by atoms with Gasteiger partial charge in [0.1, 0.15) is 11.6 Å². The third-order valence-corrected chi connectivity index (χ3v) is 4.68. The topological polar surface area (TPSA) is 107 Å². The van der Waals surface area contributed by atoms with Crippen molar-refractivity contribution in [1.29, 1.82) is 5.41 Å². The minimum atomic E-state index is 0.0781. The number of allylic oxidation sites excluding steroid dienone is 1. The van der Waals surface area contributed by atoms with E-state index in [0.29, 0.717) is 29.6 Å². The van der Waals surface area contributed by atoms with Crippen LogP contribution in [0.25, 0.3) is 5.57 Å². The zero-order valence-corrected chi connectivity index (χ0v) is 16.4. The Morgan fingerprint density at radius 3 is 2.79 bits per heavy atom. The van der Waals surface area contributed by atoms with Crippen molar-refractivity contribution in [1.82, 2.24) is 25.2 Å². The predicted octanol–water partition coefficient (Wildman–Crippen LogP) is 2.47. The molecule has 1 saturated heterocycles. The van der Waals surface area contributed by atoms with Gasteiger partial charge in [-0.15, -0.1) is 0 Å². The Morgan fingerprint density at radius 1 is 1.32 bits per heavy atom. The molecule has 1 aliphatic rings. The molecule has 1 atom stereocenters. The lowest BCUT2D eigenvalue weighted by molar-refractivity contribution is -0.127. The Hall–Kier alpha value is -3.29. The van der Waals surface area contributed by atoms with Crippen molar-refractivity contribution in [3.63, 3.8) is 0 Å². The first-order chi connectivity index (χ1) is 13.5. The van der Waals surface area contributed by atoms with Crippen LogP contribution >= 0.6 is 0 Å². The number of anilines is 2. The number of rotatable bonds is 6. The standard InChI is InChI=1S/C20H25N7O/c1-13-4-6-23-18(8-13)25-19-9-17(15-5-7-27(12-15)14(2)28)24-20(26-19)16(10-21)11-22-3/h4,6,8-11,15,21-22H,5,7,12H2,1-3H3,(H,23,24,25,26)/b16-11+,21-10?. The largest absolute Gasteiger partial charge is 0.393 e. The molecule has 3 rings (SSSR count). The van der Waals surface area contributed by atoms with Gasteiger partial charge >= 0.3 is 0 Å². The molecular weight excluding hydrogens is 354 g/mol. The van der Waals surface area contributed by atoms with Crippen molar-refractivity contribution in [2.24, 2.45) is 0 Å². The average Bonchev–Trinajstić information content (AvgIpc) is 3.16. The fourth-order valence-corrected chi connectivity index (χ4v) is 3.22. The van der Waals surface area contributed by atoms with Gasteiger partial charge in [-0.3, -0.25) is 4.79 Å². The third kappa shape index (κ3) is 4.51. The molecule has 28 heavy (non-hydrogen) atoms. The number of nitrogens with one attached hydrogen (secondary N) is 3. The maximum Gasteiger partial charge on any atom is 0.219 e. The van der Waals surface area contributed by atoms with E-state index >= 15 is 0 Å². The summed E-state index contributed by atoms with van der Waals surface area (Å²) in [7, 11) is 1.77. The molecule has 1 amide bonds. The molecule has 8 heteroatoms. The Labute approximate surface area is 164 Å². The minimum Gasteiger partial charge on any atom is -0.393 e. The van der Waals surface area contributed by atoms with Crippen molar-refractivity contribution in [2.45, 2.75) is 26.2 Å². The fraction of sp³-hybridized carbons (Fsp3) is 0.350. The van der Waals surface area contributed by atoms with E-state index in [4.69, 9.17) is 5.41 Å². The van der Waals surface area contributed by atoms with Gasteiger partial charge in [-0.25, -0.2) is 15.0 Å². The van der Waals surface area contributed by atoms with Gasteiger partial charge in [0.15, 0.2) is 5.82 Å². The summed E-state index contributed by atoms with van der Waals surface area (Å²) in [6.45, 7) is 4.96. The number of hydrogen-bond donors (Lipinski definition) is 3. The lowest BCUT2D eigenvalue weighted by Gasteiger charge is -2.15. The number of pyridine rings is 1. The number of carbonyl (C=O) groups is 1. The number of aryl methyl sites for hydroxylation is 1. The van der Waals surface area contributed by atoms with Gasteiger partial charge in [0.05, 0.1) is 11.3 Å². The Bertz CT molecular complexity index is 909. The van der Waals surface area contributed by atoms with E-state index in [-0.39, 0.29) is 11.8 Å². The molecule has 0 aromatic carbocycles. The van der Waals surface area contributed by atoms with E-state index in [2.05, 4.69) is 25.6 Å². The molecule has 146 valence electrons. The van der Waals surface area contributed by atoms with Crippen molar-refractivity contribution in [2.75, 3.05) is 25.5 Å². The zero-order valence-electron chi connectivity index (χ0n) is 16.4. The number of amides is 1. The highest BCUT2D eigenvalue weighted by molar-refractivity contribution is 6.06. The van der Waals surface area contributed by atoms with Crippen LogP contribution in [-0.2, 0) is 4.79 Å². The molecule has 2 aromatic heterocycles. The van der Waals surface area contributed by atoms with E-state index < -0.39 is 0 Å². The van der Waals surface area contributed by atoms with E-state index in [0.717, 1.165) is 24.2 Å². The van der Waals surface area contributed by atoms with E-state index in [9.17, 15) is 4.79 Å². The summed E-state index contributed by atoms with van der Waals surface area (Å²) in [5.41, 5.74) is 2.52. The second kappa shape index (κ2) is 8.60. The van der Waals surface area contributed by atoms with Crippen LogP contribution in [0.3, 0.4) is 0 Å². The lowest BCUT2D eigenvalue weighted by atomic mass is 10.0. The quantitative estimate of drug-likeness (QED) is 0.666. The van der Waals surface area contributed by atoms with Gasteiger partial charge < -0.3 is 20.9 Å². The van der Waals surface area contributed by atoms with Crippen LogP contribution in [0.15, 0.2) is 30.6 Å². The maximum absolute atomic E-state index is 11.7. The Kier molecular flexibility index (Phi) is 5.98.